The van der Waals surface area contributed by atoms with Gasteiger partial charge < -0.3 is 20.3 Å². The highest BCUT2D eigenvalue weighted by molar-refractivity contribution is 5.96. The van der Waals surface area contributed by atoms with Crippen molar-refractivity contribution in [3.63, 3.8) is 0 Å². The van der Waals surface area contributed by atoms with E-state index < -0.39 is 6.10 Å². The van der Waals surface area contributed by atoms with Crippen molar-refractivity contribution >= 4 is 17.0 Å². The summed E-state index contributed by atoms with van der Waals surface area (Å²) in [6.45, 7) is 3.70. The highest BCUT2D eigenvalue weighted by atomic mass is 16.5. The lowest BCUT2D eigenvalue weighted by molar-refractivity contribution is 0.0927. The molecule has 1 saturated heterocycles. The first-order valence-electron chi connectivity index (χ1n) is 7.10. The molecule has 0 saturated carbocycles. The second kappa shape index (κ2) is 5.79. The van der Waals surface area contributed by atoms with Crippen molar-refractivity contribution in [3.05, 3.63) is 23.5 Å². The number of amides is 1. The zero-order valence-electron chi connectivity index (χ0n) is 11.8. The molecular weight excluding hydrogens is 272 g/mol. The van der Waals surface area contributed by atoms with Gasteiger partial charge in [-0.05, 0) is 12.5 Å². The molecule has 0 radical (unpaired) electrons. The maximum Gasteiger partial charge on any atom is 0.257 e. The zero-order valence-corrected chi connectivity index (χ0v) is 11.8. The fraction of sp³-hybridized carbons (Fsp3) is 0.500. The molecule has 0 spiro atoms. The lowest BCUT2D eigenvalue weighted by atomic mass is 10.1. The number of nitrogens with zero attached hydrogens (tertiary/aromatic N) is 2. The van der Waals surface area contributed by atoms with Gasteiger partial charge in [0.1, 0.15) is 0 Å². The van der Waals surface area contributed by atoms with Crippen LogP contribution >= 0.6 is 0 Å². The van der Waals surface area contributed by atoms with E-state index in [2.05, 4.69) is 20.8 Å². The minimum Gasteiger partial charge on any atom is -0.391 e. The lowest BCUT2D eigenvalue weighted by Gasteiger charge is -2.13. The average molecular weight is 290 g/mol. The van der Waals surface area contributed by atoms with Crippen LogP contribution in [0.1, 0.15) is 23.0 Å². The summed E-state index contributed by atoms with van der Waals surface area (Å²) < 4.78 is 5.10. The Morgan fingerprint density at radius 2 is 2.43 bits per heavy atom. The molecule has 112 valence electrons. The van der Waals surface area contributed by atoms with E-state index in [1.807, 2.05) is 6.92 Å². The van der Waals surface area contributed by atoms with E-state index in [1.54, 1.807) is 6.07 Å². The van der Waals surface area contributed by atoms with E-state index in [9.17, 15) is 9.90 Å². The largest absolute Gasteiger partial charge is 0.391 e. The number of carbonyl (C=O) groups is 1. The molecule has 1 amide bonds. The van der Waals surface area contributed by atoms with Crippen molar-refractivity contribution in [1.82, 2.24) is 20.8 Å². The summed E-state index contributed by atoms with van der Waals surface area (Å²) in [5.74, 6) is -0.154. The Morgan fingerprint density at radius 3 is 3.14 bits per heavy atom. The van der Waals surface area contributed by atoms with Gasteiger partial charge in [-0.1, -0.05) is 12.1 Å². The van der Waals surface area contributed by atoms with Crippen LogP contribution in [0.3, 0.4) is 0 Å². The van der Waals surface area contributed by atoms with Gasteiger partial charge in [0.2, 0.25) is 0 Å². The summed E-state index contributed by atoms with van der Waals surface area (Å²) in [6, 6.07) is 1.75. The maximum atomic E-state index is 12.2. The van der Waals surface area contributed by atoms with Crippen molar-refractivity contribution in [2.45, 2.75) is 19.4 Å². The van der Waals surface area contributed by atoms with Crippen molar-refractivity contribution in [3.8, 4) is 0 Å². The van der Waals surface area contributed by atoms with Crippen LogP contribution < -0.4 is 10.6 Å². The Balaban J connectivity index is 1.72. The topological polar surface area (TPSA) is 100 Å². The Kier molecular flexibility index (Phi) is 3.85. The molecular formula is C14H18N4O3. The summed E-state index contributed by atoms with van der Waals surface area (Å²) in [5.41, 5.74) is 1.71. The number of aromatic nitrogens is 2. The van der Waals surface area contributed by atoms with Crippen molar-refractivity contribution in [2.75, 3.05) is 19.6 Å². The molecule has 0 bridgehead atoms. The number of aliphatic hydroxyl groups is 1. The standard InChI is InChI=1S/C14H18N4O3/c1-2-11-10-3-8(5-17-14(10)21-18-11)13(20)16-6-9-4-15-7-12(9)19/h3,5,9,12,15,19H,2,4,6-7H2,1H3,(H,16,20). The van der Waals surface area contributed by atoms with Crippen molar-refractivity contribution < 1.29 is 14.4 Å². The minimum atomic E-state index is -0.407. The Bertz CT molecular complexity index is 655. The van der Waals surface area contributed by atoms with Crippen molar-refractivity contribution in [2.24, 2.45) is 5.92 Å². The van der Waals surface area contributed by atoms with Gasteiger partial charge in [0.05, 0.1) is 22.7 Å². The van der Waals surface area contributed by atoms with Gasteiger partial charge >= 0.3 is 0 Å². The third kappa shape index (κ3) is 2.74. The van der Waals surface area contributed by atoms with Crippen LogP contribution in [-0.4, -0.2) is 46.9 Å². The number of hydrogen-bond donors (Lipinski definition) is 3. The Morgan fingerprint density at radius 1 is 1.57 bits per heavy atom. The molecule has 1 aliphatic heterocycles. The fourth-order valence-electron chi connectivity index (χ4n) is 2.51. The SMILES string of the molecule is CCc1noc2ncc(C(=O)NCC3CNCC3O)cc12. The van der Waals surface area contributed by atoms with E-state index in [0.29, 0.717) is 30.9 Å². The van der Waals surface area contributed by atoms with Gasteiger partial charge in [0.25, 0.3) is 11.6 Å². The van der Waals surface area contributed by atoms with Crippen LogP contribution in [0.5, 0.6) is 0 Å². The van der Waals surface area contributed by atoms with E-state index in [-0.39, 0.29) is 11.8 Å². The van der Waals surface area contributed by atoms with Gasteiger partial charge in [-0.15, -0.1) is 0 Å². The molecule has 0 aromatic carbocycles. The second-order valence-corrected chi connectivity index (χ2v) is 5.26. The monoisotopic (exact) mass is 290 g/mol. The van der Waals surface area contributed by atoms with Gasteiger partial charge in [0.15, 0.2) is 0 Å². The predicted octanol–water partition coefficient (Wildman–Crippen LogP) is 0.0953. The normalized spacial score (nSPS) is 21.8. The van der Waals surface area contributed by atoms with E-state index >= 15 is 0 Å². The number of fused-ring (bicyclic) bond motifs is 1. The number of aryl methyl sites for hydroxylation is 1. The summed E-state index contributed by atoms with van der Waals surface area (Å²) in [5, 5.41) is 20.3. The molecule has 2 atom stereocenters. The molecule has 2 aromatic rings. The van der Waals surface area contributed by atoms with E-state index in [0.717, 1.165) is 17.5 Å². The molecule has 0 aliphatic carbocycles. The number of pyridine rings is 1. The Labute approximate surface area is 121 Å². The van der Waals surface area contributed by atoms with E-state index in [4.69, 9.17) is 4.52 Å². The second-order valence-electron chi connectivity index (χ2n) is 5.26. The van der Waals surface area contributed by atoms with Crippen LogP contribution in [0.25, 0.3) is 11.1 Å². The molecule has 3 N–H and O–H groups in total. The highest BCUT2D eigenvalue weighted by Gasteiger charge is 2.25. The number of aliphatic hydroxyl groups excluding tert-OH is 1. The van der Waals surface area contributed by atoms with Crippen LogP contribution in [-0.2, 0) is 6.42 Å². The average Bonchev–Trinajstić information content (AvgIpc) is 3.09. The summed E-state index contributed by atoms with van der Waals surface area (Å²) >= 11 is 0. The number of nitrogens with one attached hydrogen (secondary N) is 2. The quantitative estimate of drug-likeness (QED) is 0.738. The Hall–Kier alpha value is -1.99. The predicted molar refractivity (Wildman–Crippen MR) is 75.9 cm³/mol. The first kappa shape index (κ1) is 14.0. The molecule has 2 unspecified atom stereocenters. The maximum absolute atomic E-state index is 12.2. The van der Waals surface area contributed by atoms with Crippen LogP contribution in [0, 0.1) is 5.92 Å². The first-order valence-corrected chi connectivity index (χ1v) is 7.10. The van der Waals surface area contributed by atoms with Gasteiger partial charge in [-0.3, -0.25) is 4.79 Å². The van der Waals surface area contributed by atoms with Gasteiger partial charge in [-0.2, -0.15) is 0 Å². The zero-order chi connectivity index (χ0) is 14.8. The van der Waals surface area contributed by atoms with Crippen LogP contribution in [0.2, 0.25) is 0 Å². The third-order valence-corrected chi connectivity index (χ3v) is 3.83. The number of hydrogen-bond acceptors (Lipinski definition) is 6. The molecule has 3 rings (SSSR count). The third-order valence-electron chi connectivity index (χ3n) is 3.83. The smallest absolute Gasteiger partial charge is 0.257 e. The minimum absolute atomic E-state index is 0.0486. The summed E-state index contributed by atoms with van der Waals surface area (Å²) in [6.07, 6.45) is 1.79. The number of rotatable bonds is 4. The number of β-amino-alcohol motifs (C(OH)–C–C–N with tert-alkyl or cyclic N) is 1. The lowest BCUT2D eigenvalue weighted by Crippen LogP contribution is -2.34. The van der Waals surface area contributed by atoms with Gasteiger partial charge in [-0.25, -0.2) is 4.98 Å². The molecule has 1 aliphatic rings. The molecule has 7 nitrogen and oxygen atoms in total. The van der Waals surface area contributed by atoms with Crippen LogP contribution in [0.15, 0.2) is 16.8 Å². The summed E-state index contributed by atoms with van der Waals surface area (Å²) in [4.78, 5) is 16.3. The van der Waals surface area contributed by atoms with Crippen LogP contribution in [0.4, 0.5) is 0 Å². The van der Waals surface area contributed by atoms with E-state index in [1.165, 1.54) is 6.20 Å². The van der Waals surface area contributed by atoms with Crippen molar-refractivity contribution in [1.29, 1.82) is 0 Å². The molecule has 1 fully saturated rings. The van der Waals surface area contributed by atoms with Gasteiger partial charge in [0, 0.05) is 31.7 Å². The summed E-state index contributed by atoms with van der Waals surface area (Å²) in [7, 11) is 0. The molecule has 21 heavy (non-hydrogen) atoms. The molecule has 7 heteroatoms. The molecule has 3 heterocycles. The fourth-order valence-corrected chi connectivity index (χ4v) is 2.51. The number of carbonyl (C=O) groups excluding carboxylic acids is 1. The molecule has 2 aromatic heterocycles. The first-order chi connectivity index (χ1) is 10.2. The highest BCUT2D eigenvalue weighted by Crippen LogP contribution is 2.18.